The molecular weight excluding hydrogens is 434 g/mol. The van der Waals surface area contributed by atoms with Gasteiger partial charge in [0.1, 0.15) is 0 Å². The molecule has 2 fully saturated rings. The van der Waals surface area contributed by atoms with E-state index in [-0.39, 0.29) is 30.1 Å². The van der Waals surface area contributed by atoms with Crippen molar-refractivity contribution in [3.63, 3.8) is 0 Å². The SMILES string of the molecule is Cc1nc(N2CCOCC2)[nH]c(=O)c1CCC(=O)Nc1ccccc1CN1CC(C)OC(C)C1. The molecule has 2 N–H and O–H groups in total. The molecule has 0 bridgehead atoms. The zero-order valence-electron chi connectivity index (χ0n) is 20.3. The van der Waals surface area contributed by atoms with E-state index in [4.69, 9.17) is 9.47 Å². The van der Waals surface area contributed by atoms with Crippen LogP contribution in [0.1, 0.15) is 37.1 Å². The van der Waals surface area contributed by atoms with Crippen molar-refractivity contribution >= 4 is 17.5 Å². The van der Waals surface area contributed by atoms with E-state index in [2.05, 4.69) is 34.0 Å². The Hall–Kier alpha value is -2.75. The van der Waals surface area contributed by atoms with E-state index in [1.54, 1.807) is 0 Å². The molecule has 2 aliphatic rings. The summed E-state index contributed by atoms with van der Waals surface area (Å²) in [5.41, 5.74) is 2.91. The average molecular weight is 470 g/mol. The highest BCUT2D eigenvalue weighted by Gasteiger charge is 2.23. The van der Waals surface area contributed by atoms with Gasteiger partial charge in [-0.1, -0.05) is 18.2 Å². The van der Waals surface area contributed by atoms with Gasteiger partial charge in [-0.25, -0.2) is 4.98 Å². The van der Waals surface area contributed by atoms with E-state index >= 15 is 0 Å². The number of aromatic nitrogens is 2. The maximum Gasteiger partial charge on any atom is 0.255 e. The molecule has 184 valence electrons. The molecule has 0 radical (unpaired) electrons. The summed E-state index contributed by atoms with van der Waals surface area (Å²) in [5.74, 6) is 0.451. The molecule has 0 aliphatic carbocycles. The standard InChI is InChI=1S/C25H35N5O4/c1-17-14-29(15-18(2)34-17)16-20-6-4-5-7-22(20)27-23(31)9-8-21-19(3)26-25(28-24(21)32)30-10-12-33-13-11-30/h4-7,17-18H,8-16H2,1-3H3,(H,27,31)(H,26,28,32). The van der Waals surface area contributed by atoms with Crippen LogP contribution >= 0.6 is 0 Å². The Morgan fingerprint density at radius 3 is 2.59 bits per heavy atom. The third-order valence-corrected chi connectivity index (χ3v) is 6.30. The maximum atomic E-state index is 12.8. The van der Waals surface area contributed by atoms with Gasteiger partial charge in [-0.15, -0.1) is 0 Å². The fraction of sp³-hybridized carbons (Fsp3) is 0.560. The second-order valence-electron chi connectivity index (χ2n) is 9.21. The molecule has 9 nitrogen and oxygen atoms in total. The van der Waals surface area contributed by atoms with Crippen molar-refractivity contribution < 1.29 is 14.3 Å². The Kier molecular flexibility index (Phi) is 7.97. The van der Waals surface area contributed by atoms with Crippen LogP contribution in [0.3, 0.4) is 0 Å². The highest BCUT2D eigenvalue weighted by Crippen LogP contribution is 2.21. The Balaban J connectivity index is 1.37. The average Bonchev–Trinajstić information content (AvgIpc) is 2.79. The number of carbonyl (C=O) groups excluding carboxylic acids is 1. The summed E-state index contributed by atoms with van der Waals surface area (Å²) in [7, 11) is 0. The van der Waals surface area contributed by atoms with Crippen LogP contribution in [0.4, 0.5) is 11.6 Å². The number of para-hydroxylation sites is 1. The van der Waals surface area contributed by atoms with Gasteiger partial charge in [-0.2, -0.15) is 0 Å². The van der Waals surface area contributed by atoms with Gasteiger partial charge in [0.15, 0.2) is 0 Å². The monoisotopic (exact) mass is 469 g/mol. The number of nitrogens with zero attached hydrogens (tertiary/aromatic N) is 3. The third kappa shape index (κ3) is 6.22. The predicted molar refractivity (Wildman–Crippen MR) is 131 cm³/mol. The topological polar surface area (TPSA) is 99.8 Å². The van der Waals surface area contributed by atoms with E-state index < -0.39 is 0 Å². The van der Waals surface area contributed by atoms with Crippen LogP contribution in [0, 0.1) is 6.92 Å². The van der Waals surface area contributed by atoms with Crippen molar-refractivity contribution in [3.8, 4) is 0 Å². The molecule has 0 saturated carbocycles. The van der Waals surface area contributed by atoms with Crippen molar-refractivity contribution in [2.75, 3.05) is 49.6 Å². The van der Waals surface area contributed by atoms with Gasteiger partial charge in [-0.05, 0) is 38.8 Å². The summed E-state index contributed by atoms with van der Waals surface area (Å²) >= 11 is 0. The van der Waals surface area contributed by atoms with Crippen molar-refractivity contribution in [2.45, 2.75) is 52.4 Å². The Morgan fingerprint density at radius 1 is 1.18 bits per heavy atom. The minimum atomic E-state index is -0.183. The van der Waals surface area contributed by atoms with Gasteiger partial charge in [0.25, 0.3) is 5.56 Å². The van der Waals surface area contributed by atoms with Crippen LogP contribution in [0.2, 0.25) is 0 Å². The minimum absolute atomic E-state index is 0.118. The first kappa shape index (κ1) is 24.4. The van der Waals surface area contributed by atoms with Gasteiger partial charge >= 0.3 is 0 Å². The van der Waals surface area contributed by atoms with Gasteiger partial charge in [-0.3, -0.25) is 19.5 Å². The lowest BCUT2D eigenvalue weighted by atomic mass is 10.1. The highest BCUT2D eigenvalue weighted by molar-refractivity contribution is 5.91. The number of benzene rings is 1. The van der Waals surface area contributed by atoms with Crippen LogP contribution in [-0.4, -0.2) is 72.4 Å². The molecule has 3 heterocycles. The number of aromatic amines is 1. The third-order valence-electron chi connectivity index (χ3n) is 6.30. The number of hydrogen-bond donors (Lipinski definition) is 2. The fourth-order valence-electron chi connectivity index (χ4n) is 4.70. The molecule has 0 spiro atoms. The number of rotatable bonds is 7. The normalized spacial score (nSPS) is 21.4. The van der Waals surface area contributed by atoms with Crippen LogP contribution in [0.25, 0.3) is 0 Å². The van der Waals surface area contributed by atoms with Gasteiger partial charge < -0.3 is 19.7 Å². The summed E-state index contributed by atoms with van der Waals surface area (Å²) in [6, 6.07) is 7.89. The van der Waals surface area contributed by atoms with Gasteiger partial charge in [0, 0.05) is 56.1 Å². The lowest BCUT2D eigenvalue weighted by Crippen LogP contribution is -2.44. The summed E-state index contributed by atoms with van der Waals surface area (Å²) in [5, 5.41) is 3.04. The number of aryl methyl sites for hydroxylation is 1. The minimum Gasteiger partial charge on any atom is -0.378 e. The van der Waals surface area contributed by atoms with Crippen molar-refractivity contribution in [1.29, 1.82) is 0 Å². The number of carbonyl (C=O) groups is 1. The van der Waals surface area contributed by atoms with Crippen LogP contribution < -0.4 is 15.8 Å². The Morgan fingerprint density at radius 2 is 1.88 bits per heavy atom. The smallest absolute Gasteiger partial charge is 0.255 e. The van der Waals surface area contributed by atoms with Crippen LogP contribution in [0.15, 0.2) is 29.1 Å². The van der Waals surface area contributed by atoms with Gasteiger partial charge in [0.05, 0.1) is 25.4 Å². The van der Waals surface area contributed by atoms with Crippen LogP contribution in [-0.2, 0) is 27.2 Å². The second kappa shape index (κ2) is 11.1. The van der Waals surface area contributed by atoms with E-state index in [0.29, 0.717) is 49.9 Å². The molecular formula is C25H35N5O4. The number of H-pyrrole nitrogens is 1. The van der Waals surface area contributed by atoms with Crippen molar-refractivity contribution in [2.24, 2.45) is 0 Å². The lowest BCUT2D eigenvalue weighted by molar-refractivity contribution is -0.116. The summed E-state index contributed by atoms with van der Waals surface area (Å²) in [6.07, 6.45) is 0.928. The molecule has 1 aromatic carbocycles. The fourth-order valence-corrected chi connectivity index (χ4v) is 4.70. The Labute approximate surface area is 200 Å². The molecule has 1 aromatic heterocycles. The van der Waals surface area contributed by atoms with E-state index in [1.165, 1.54) is 0 Å². The molecule has 2 aliphatic heterocycles. The van der Waals surface area contributed by atoms with Gasteiger partial charge in [0.2, 0.25) is 11.9 Å². The zero-order chi connectivity index (χ0) is 24.1. The molecule has 2 saturated heterocycles. The van der Waals surface area contributed by atoms with Crippen molar-refractivity contribution in [3.05, 3.63) is 51.4 Å². The Bertz CT molecular complexity index is 1040. The zero-order valence-corrected chi connectivity index (χ0v) is 20.3. The largest absolute Gasteiger partial charge is 0.378 e. The van der Waals surface area contributed by atoms with E-state index in [9.17, 15) is 9.59 Å². The lowest BCUT2D eigenvalue weighted by Gasteiger charge is -2.35. The first-order chi connectivity index (χ1) is 16.4. The molecule has 1 amide bonds. The number of hydrogen-bond acceptors (Lipinski definition) is 7. The summed E-state index contributed by atoms with van der Waals surface area (Å²) in [6.45, 7) is 11.1. The van der Waals surface area contributed by atoms with Crippen LogP contribution in [0.5, 0.6) is 0 Å². The number of morpholine rings is 2. The number of ether oxygens (including phenoxy) is 2. The quantitative estimate of drug-likeness (QED) is 0.641. The first-order valence-corrected chi connectivity index (χ1v) is 12.1. The van der Waals surface area contributed by atoms with Crippen molar-refractivity contribution in [1.82, 2.24) is 14.9 Å². The predicted octanol–water partition coefficient (Wildman–Crippen LogP) is 2.10. The summed E-state index contributed by atoms with van der Waals surface area (Å²) < 4.78 is 11.2. The molecule has 2 aromatic rings. The maximum absolute atomic E-state index is 12.8. The molecule has 34 heavy (non-hydrogen) atoms. The second-order valence-corrected chi connectivity index (χ2v) is 9.21. The molecule has 4 rings (SSSR count). The van der Waals surface area contributed by atoms with E-state index in [1.807, 2.05) is 36.1 Å². The molecule has 2 unspecified atom stereocenters. The summed E-state index contributed by atoms with van der Waals surface area (Å²) in [4.78, 5) is 37.3. The highest BCUT2D eigenvalue weighted by atomic mass is 16.5. The first-order valence-electron chi connectivity index (χ1n) is 12.1. The number of amides is 1. The number of anilines is 2. The molecule has 9 heteroatoms. The molecule has 2 atom stereocenters. The van der Waals surface area contributed by atoms with E-state index in [0.717, 1.165) is 30.9 Å². The number of nitrogens with one attached hydrogen (secondary N) is 2.